The number of carbonyl (C=O) groups is 3. The van der Waals surface area contributed by atoms with Crippen LogP contribution < -0.4 is 5.32 Å². The first-order valence-corrected chi connectivity index (χ1v) is 8.88. The third kappa shape index (κ3) is 2.50. The number of carbonyl (C=O) groups excluding carboxylic acids is 3. The minimum absolute atomic E-state index is 0.0837. The van der Waals surface area contributed by atoms with Crippen molar-refractivity contribution in [2.24, 2.45) is 0 Å². The Morgan fingerprint density at radius 2 is 2.00 bits per heavy atom. The Hall–Kier alpha value is -2.67. The van der Waals surface area contributed by atoms with E-state index in [4.69, 9.17) is 4.74 Å². The van der Waals surface area contributed by atoms with Gasteiger partial charge in [0.05, 0.1) is 12.7 Å². The van der Waals surface area contributed by atoms with Crippen molar-refractivity contribution in [2.45, 2.75) is 19.6 Å². The second kappa shape index (κ2) is 6.25. The predicted molar refractivity (Wildman–Crippen MR) is 96.7 cm³/mol. The average molecular weight is 415 g/mol. The van der Waals surface area contributed by atoms with E-state index in [1.807, 2.05) is 6.07 Å². The lowest BCUT2D eigenvalue weighted by Gasteiger charge is -2.18. The molecule has 0 unspecified atom stereocenters. The van der Waals surface area contributed by atoms with Crippen molar-refractivity contribution in [1.29, 1.82) is 0 Å². The zero-order valence-corrected chi connectivity index (χ0v) is 15.6. The normalized spacial score (nSPS) is 14.9. The maximum Gasteiger partial charge on any atom is 0.338 e. The Bertz CT molecular complexity index is 970. The van der Waals surface area contributed by atoms with Gasteiger partial charge >= 0.3 is 5.97 Å². The van der Waals surface area contributed by atoms with Crippen molar-refractivity contribution in [1.82, 2.24) is 10.2 Å². The molecular formula is C19H15BrN2O4. The van der Waals surface area contributed by atoms with E-state index in [1.165, 1.54) is 7.11 Å². The summed E-state index contributed by atoms with van der Waals surface area (Å²) >= 11 is 3.57. The first-order chi connectivity index (χ1) is 12.5. The molecule has 2 aromatic rings. The van der Waals surface area contributed by atoms with Crippen LogP contribution in [0.25, 0.3) is 0 Å². The molecule has 0 radical (unpaired) electrons. The van der Waals surface area contributed by atoms with Crippen LogP contribution >= 0.6 is 15.9 Å². The van der Waals surface area contributed by atoms with Crippen LogP contribution in [0.3, 0.4) is 0 Å². The molecule has 2 aliphatic rings. The predicted octanol–water partition coefficient (Wildman–Crippen LogP) is 2.64. The summed E-state index contributed by atoms with van der Waals surface area (Å²) in [7, 11) is 1.33. The van der Waals surface area contributed by atoms with E-state index in [0.717, 1.165) is 15.6 Å². The van der Waals surface area contributed by atoms with Gasteiger partial charge in [0.25, 0.3) is 11.8 Å². The van der Waals surface area contributed by atoms with Crippen LogP contribution in [0.4, 0.5) is 0 Å². The SMILES string of the molecule is COC(=O)c1cccc2c1CN(Cc1ccc3c(c1Br)CNC3=O)C2=O. The van der Waals surface area contributed by atoms with Crippen LogP contribution in [0.1, 0.15) is 47.8 Å². The Morgan fingerprint density at radius 1 is 1.19 bits per heavy atom. The molecule has 0 atom stereocenters. The number of nitrogens with zero attached hydrogens (tertiary/aromatic N) is 1. The molecule has 0 aromatic heterocycles. The lowest BCUT2D eigenvalue weighted by molar-refractivity contribution is 0.0597. The van der Waals surface area contributed by atoms with Gasteiger partial charge in [0.1, 0.15) is 0 Å². The van der Waals surface area contributed by atoms with E-state index in [2.05, 4.69) is 21.2 Å². The van der Waals surface area contributed by atoms with Crippen LogP contribution in [0, 0.1) is 0 Å². The van der Waals surface area contributed by atoms with Crippen molar-refractivity contribution in [2.75, 3.05) is 7.11 Å². The van der Waals surface area contributed by atoms with E-state index in [-0.39, 0.29) is 11.8 Å². The molecule has 26 heavy (non-hydrogen) atoms. The Kier molecular flexibility index (Phi) is 4.03. The number of nitrogens with one attached hydrogen (secondary N) is 1. The van der Waals surface area contributed by atoms with Crippen molar-refractivity contribution < 1.29 is 19.1 Å². The van der Waals surface area contributed by atoms with E-state index in [0.29, 0.717) is 41.9 Å². The lowest BCUT2D eigenvalue weighted by atomic mass is 10.0. The fraction of sp³-hybridized carbons (Fsp3) is 0.211. The zero-order valence-electron chi connectivity index (χ0n) is 14.0. The number of benzene rings is 2. The summed E-state index contributed by atoms with van der Waals surface area (Å²) in [6.07, 6.45) is 0. The van der Waals surface area contributed by atoms with Gasteiger partial charge in [-0.15, -0.1) is 0 Å². The molecule has 6 nitrogen and oxygen atoms in total. The Morgan fingerprint density at radius 3 is 2.77 bits per heavy atom. The number of hydrogen-bond donors (Lipinski definition) is 1. The van der Waals surface area contributed by atoms with Gasteiger partial charge in [-0.1, -0.05) is 28.1 Å². The molecule has 4 rings (SSSR count). The highest BCUT2D eigenvalue weighted by Crippen LogP contribution is 2.32. The summed E-state index contributed by atoms with van der Waals surface area (Å²) < 4.78 is 5.65. The van der Waals surface area contributed by atoms with Gasteiger partial charge < -0.3 is 15.0 Å². The van der Waals surface area contributed by atoms with E-state index in [1.54, 1.807) is 29.2 Å². The maximum absolute atomic E-state index is 12.8. The van der Waals surface area contributed by atoms with Gasteiger partial charge in [-0.3, -0.25) is 9.59 Å². The van der Waals surface area contributed by atoms with Crippen molar-refractivity contribution in [3.63, 3.8) is 0 Å². The second-order valence-electron chi connectivity index (χ2n) is 6.23. The summed E-state index contributed by atoms with van der Waals surface area (Å²) in [5, 5.41) is 2.80. The molecule has 0 saturated heterocycles. The van der Waals surface area contributed by atoms with Crippen LogP contribution in [-0.2, 0) is 24.4 Å². The number of rotatable bonds is 3. The molecule has 0 spiro atoms. The minimum Gasteiger partial charge on any atom is -0.465 e. The second-order valence-corrected chi connectivity index (χ2v) is 7.02. The number of methoxy groups -OCH3 is 1. The number of halogens is 1. The van der Waals surface area contributed by atoms with Gasteiger partial charge in [-0.2, -0.15) is 0 Å². The van der Waals surface area contributed by atoms with Gasteiger partial charge in [-0.05, 0) is 34.9 Å². The van der Waals surface area contributed by atoms with Crippen molar-refractivity contribution in [3.8, 4) is 0 Å². The smallest absolute Gasteiger partial charge is 0.338 e. The summed E-state index contributed by atoms with van der Waals surface area (Å²) in [5.41, 5.74) is 4.13. The van der Waals surface area contributed by atoms with Gasteiger partial charge in [0, 0.05) is 35.2 Å². The first-order valence-electron chi connectivity index (χ1n) is 8.09. The summed E-state index contributed by atoms with van der Waals surface area (Å²) in [5.74, 6) is -0.647. The topological polar surface area (TPSA) is 75.7 Å². The van der Waals surface area contributed by atoms with Crippen LogP contribution in [0.5, 0.6) is 0 Å². The van der Waals surface area contributed by atoms with Gasteiger partial charge in [0.15, 0.2) is 0 Å². The van der Waals surface area contributed by atoms with Crippen LogP contribution in [0.2, 0.25) is 0 Å². The van der Waals surface area contributed by atoms with E-state index >= 15 is 0 Å². The molecular weight excluding hydrogens is 400 g/mol. The van der Waals surface area contributed by atoms with E-state index < -0.39 is 5.97 Å². The largest absolute Gasteiger partial charge is 0.465 e. The molecule has 2 aliphatic heterocycles. The molecule has 0 fully saturated rings. The molecule has 0 aliphatic carbocycles. The highest BCUT2D eigenvalue weighted by Gasteiger charge is 2.32. The average Bonchev–Trinajstić information content (AvgIpc) is 3.18. The molecule has 7 heteroatoms. The third-order valence-electron chi connectivity index (χ3n) is 4.80. The zero-order chi connectivity index (χ0) is 18.4. The lowest BCUT2D eigenvalue weighted by Crippen LogP contribution is -2.23. The van der Waals surface area contributed by atoms with Crippen molar-refractivity contribution in [3.05, 3.63) is 68.2 Å². The molecule has 132 valence electrons. The molecule has 2 aromatic carbocycles. The Labute approximate surface area is 158 Å². The Balaban J connectivity index is 1.64. The number of amides is 2. The summed E-state index contributed by atoms with van der Waals surface area (Å²) in [4.78, 5) is 38.2. The van der Waals surface area contributed by atoms with Gasteiger partial charge in [0.2, 0.25) is 0 Å². The standard InChI is InChI=1S/C19H15BrN2O4/c1-26-19(25)13-4-2-3-12-15(13)9-22(18(12)24)8-10-5-6-11-14(16(10)20)7-21-17(11)23/h2-6H,7-9H2,1H3,(H,21,23). The number of esters is 1. The fourth-order valence-electron chi connectivity index (χ4n) is 3.47. The number of hydrogen-bond acceptors (Lipinski definition) is 4. The molecule has 2 heterocycles. The van der Waals surface area contributed by atoms with Crippen LogP contribution in [0.15, 0.2) is 34.8 Å². The molecule has 0 saturated carbocycles. The third-order valence-corrected chi connectivity index (χ3v) is 5.79. The minimum atomic E-state index is -0.445. The quantitative estimate of drug-likeness (QED) is 0.783. The highest BCUT2D eigenvalue weighted by molar-refractivity contribution is 9.10. The van der Waals surface area contributed by atoms with Crippen molar-refractivity contribution >= 4 is 33.7 Å². The molecule has 0 bridgehead atoms. The number of fused-ring (bicyclic) bond motifs is 2. The van der Waals surface area contributed by atoms with Gasteiger partial charge in [-0.25, -0.2) is 4.79 Å². The summed E-state index contributed by atoms with van der Waals surface area (Å²) in [6.45, 7) is 1.21. The molecule has 2 amide bonds. The number of ether oxygens (including phenoxy) is 1. The van der Waals surface area contributed by atoms with E-state index in [9.17, 15) is 14.4 Å². The first kappa shape index (κ1) is 16.8. The van der Waals surface area contributed by atoms with Crippen LogP contribution in [-0.4, -0.2) is 29.8 Å². The fourth-order valence-corrected chi connectivity index (χ4v) is 4.08. The monoisotopic (exact) mass is 414 g/mol. The maximum atomic E-state index is 12.8. The highest BCUT2D eigenvalue weighted by atomic mass is 79.9. The molecule has 1 N–H and O–H groups in total. The summed E-state index contributed by atoms with van der Waals surface area (Å²) in [6, 6.07) is 8.72.